The van der Waals surface area contributed by atoms with Gasteiger partial charge in [-0.2, -0.15) is 5.10 Å². The van der Waals surface area contributed by atoms with Crippen LogP contribution < -0.4 is 5.32 Å². The van der Waals surface area contributed by atoms with Crippen LogP contribution in [0.5, 0.6) is 0 Å². The van der Waals surface area contributed by atoms with Gasteiger partial charge in [-0.3, -0.25) is 0 Å². The average Bonchev–Trinajstić information content (AvgIpc) is 3.39. The summed E-state index contributed by atoms with van der Waals surface area (Å²) >= 11 is 0. The molecule has 9 nitrogen and oxygen atoms in total. The van der Waals surface area contributed by atoms with Gasteiger partial charge in [-0.05, 0) is 25.7 Å². The number of fused-ring (bicyclic) bond motifs is 1. The maximum Gasteiger partial charge on any atom is 0.251 e. The quantitative estimate of drug-likeness (QED) is 0.631. The molecule has 5 heterocycles. The van der Waals surface area contributed by atoms with Crippen LogP contribution in [0.25, 0.3) is 22.5 Å². The van der Waals surface area contributed by atoms with Crippen molar-refractivity contribution in [2.24, 2.45) is 11.3 Å². The molecule has 3 aromatic heterocycles. The van der Waals surface area contributed by atoms with E-state index < -0.39 is 0 Å². The fourth-order valence-corrected chi connectivity index (χ4v) is 3.78. The molecule has 0 bridgehead atoms. The zero-order valence-corrected chi connectivity index (χ0v) is 19.7. The number of ether oxygens (including phenoxy) is 2. The summed E-state index contributed by atoms with van der Waals surface area (Å²) in [4.78, 5) is 4.56. The highest BCUT2D eigenvalue weighted by molar-refractivity contribution is 5.96. The maximum absolute atomic E-state index is 5.63. The molecule has 3 aromatic rings. The van der Waals surface area contributed by atoms with Crippen LogP contribution in [0.3, 0.4) is 0 Å². The van der Waals surface area contributed by atoms with Crippen molar-refractivity contribution in [3.8, 4) is 11.5 Å². The lowest BCUT2D eigenvalue weighted by molar-refractivity contribution is -0.126. The fourth-order valence-electron chi connectivity index (χ4n) is 3.78. The van der Waals surface area contributed by atoms with Gasteiger partial charge >= 0.3 is 0 Å². The Balaban J connectivity index is 0.000000260. The second kappa shape index (κ2) is 9.54. The van der Waals surface area contributed by atoms with Crippen LogP contribution in [0.2, 0.25) is 0 Å². The number of rotatable bonds is 5. The molecule has 0 spiro atoms. The van der Waals surface area contributed by atoms with Gasteiger partial charge in [0.15, 0.2) is 5.65 Å². The molecule has 32 heavy (non-hydrogen) atoms. The smallest absolute Gasteiger partial charge is 0.251 e. The molecule has 0 saturated carbocycles. The van der Waals surface area contributed by atoms with Gasteiger partial charge in [0.25, 0.3) is 5.89 Å². The van der Waals surface area contributed by atoms with Gasteiger partial charge in [0.05, 0.1) is 36.0 Å². The van der Waals surface area contributed by atoms with Gasteiger partial charge in [-0.1, -0.05) is 20.8 Å². The van der Waals surface area contributed by atoms with Gasteiger partial charge in [-0.15, -0.1) is 10.2 Å². The summed E-state index contributed by atoms with van der Waals surface area (Å²) in [5.74, 6) is 1.78. The van der Waals surface area contributed by atoms with Crippen LogP contribution in [-0.4, -0.2) is 57.4 Å². The predicted molar refractivity (Wildman–Crippen MR) is 122 cm³/mol. The summed E-state index contributed by atoms with van der Waals surface area (Å²) in [6.45, 7) is 14.9. The molecule has 9 heteroatoms. The Labute approximate surface area is 188 Å². The first-order valence-corrected chi connectivity index (χ1v) is 11.5. The Bertz CT molecular complexity index is 1030. The molecular formula is C23H34N6O3. The standard InChI is InChI=1S/C16H20N6O2.C7H14O/c1-3-22-15-12(9-18-22)14(19-11-4-6-23-7-5-11)13(8-17-15)16-21-20-10(2)24-16;1-6(2)7(3)4-8-5-7/h8-9,11H,3-7H2,1-2H3,(H,17,19);6H,4-5H2,1-3H3. The van der Waals surface area contributed by atoms with Crippen molar-refractivity contribution < 1.29 is 13.9 Å². The Hall–Kier alpha value is -2.52. The van der Waals surface area contributed by atoms with Crippen molar-refractivity contribution in [3.05, 3.63) is 18.3 Å². The second-order valence-electron chi connectivity index (χ2n) is 9.20. The summed E-state index contributed by atoms with van der Waals surface area (Å²) in [6, 6.07) is 0.345. The van der Waals surface area contributed by atoms with E-state index in [-0.39, 0.29) is 0 Å². The third-order valence-corrected chi connectivity index (χ3v) is 6.55. The van der Waals surface area contributed by atoms with Crippen LogP contribution in [0.15, 0.2) is 16.8 Å². The summed E-state index contributed by atoms with van der Waals surface area (Å²) in [5.41, 5.74) is 3.12. The lowest BCUT2D eigenvalue weighted by Gasteiger charge is -2.41. The Morgan fingerprint density at radius 3 is 2.44 bits per heavy atom. The molecule has 0 unspecified atom stereocenters. The molecule has 0 amide bonds. The number of pyridine rings is 1. The second-order valence-corrected chi connectivity index (χ2v) is 9.20. The molecule has 2 aliphatic rings. The summed E-state index contributed by atoms with van der Waals surface area (Å²) in [5, 5.41) is 17.1. The van der Waals surface area contributed by atoms with E-state index >= 15 is 0 Å². The molecule has 2 aliphatic heterocycles. The molecule has 0 radical (unpaired) electrons. The van der Waals surface area contributed by atoms with Crippen molar-refractivity contribution in [1.82, 2.24) is 25.0 Å². The van der Waals surface area contributed by atoms with Crippen molar-refractivity contribution in [1.29, 1.82) is 0 Å². The van der Waals surface area contributed by atoms with E-state index in [1.54, 1.807) is 13.1 Å². The summed E-state index contributed by atoms with van der Waals surface area (Å²) < 4.78 is 18.1. The van der Waals surface area contributed by atoms with Crippen LogP contribution in [0, 0.1) is 18.3 Å². The molecule has 174 valence electrons. The Kier molecular flexibility index (Phi) is 6.76. The van der Waals surface area contributed by atoms with E-state index in [9.17, 15) is 0 Å². The third-order valence-electron chi connectivity index (χ3n) is 6.55. The Morgan fingerprint density at radius 2 is 1.91 bits per heavy atom. The number of hydrogen-bond acceptors (Lipinski definition) is 8. The number of aryl methyl sites for hydroxylation is 2. The average molecular weight is 443 g/mol. The maximum atomic E-state index is 5.63. The van der Waals surface area contributed by atoms with Crippen molar-refractivity contribution in [3.63, 3.8) is 0 Å². The minimum absolute atomic E-state index is 0.345. The normalized spacial score (nSPS) is 18.3. The van der Waals surface area contributed by atoms with E-state index in [0.717, 1.165) is 74.0 Å². The lowest BCUT2D eigenvalue weighted by Crippen LogP contribution is -2.43. The zero-order chi connectivity index (χ0) is 22.7. The van der Waals surface area contributed by atoms with Gasteiger partial charge in [0.2, 0.25) is 5.89 Å². The predicted octanol–water partition coefficient (Wildman–Crippen LogP) is 4.08. The van der Waals surface area contributed by atoms with E-state index in [1.807, 2.05) is 10.9 Å². The summed E-state index contributed by atoms with van der Waals surface area (Å²) in [6.07, 6.45) is 5.56. The van der Waals surface area contributed by atoms with Crippen LogP contribution >= 0.6 is 0 Å². The number of aromatic nitrogens is 5. The minimum Gasteiger partial charge on any atom is -0.421 e. The topological polar surface area (TPSA) is 100 Å². The first kappa shape index (κ1) is 22.7. The SMILES string of the molecule is CC(C)C1(C)COC1.CCn1ncc2c(NC3CCOCC3)c(-c3nnc(C)o3)cnc21. The largest absolute Gasteiger partial charge is 0.421 e. The molecule has 0 atom stereocenters. The highest BCUT2D eigenvalue weighted by atomic mass is 16.5. The van der Waals surface area contributed by atoms with Gasteiger partial charge in [-0.25, -0.2) is 9.67 Å². The minimum atomic E-state index is 0.345. The monoisotopic (exact) mass is 442 g/mol. The molecule has 1 N–H and O–H groups in total. The highest BCUT2D eigenvalue weighted by Crippen LogP contribution is 2.35. The molecule has 2 saturated heterocycles. The molecule has 0 aromatic carbocycles. The first-order valence-electron chi connectivity index (χ1n) is 11.5. The fraction of sp³-hybridized carbons (Fsp3) is 0.652. The van der Waals surface area contributed by atoms with Gasteiger partial charge in [0, 0.05) is 44.3 Å². The number of hydrogen-bond donors (Lipinski definition) is 1. The zero-order valence-electron chi connectivity index (χ0n) is 19.7. The highest BCUT2D eigenvalue weighted by Gasteiger charge is 2.36. The van der Waals surface area contributed by atoms with E-state index in [2.05, 4.69) is 53.3 Å². The molecule has 0 aliphatic carbocycles. The first-order chi connectivity index (χ1) is 15.4. The number of anilines is 1. The lowest BCUT2D eigenvalue weighted by atomic mass is 9.78. The van der Waals surface area contributed by atoms with E-state index in [4.69, 9.17) is 13.9 Å². The number of nitrogens with zero attached hydrogens (tertiary/aromatic N) is 5. The van der Waals surface area contributed by atoms with Gasteiger partial charge in [0.1, 0.15) is 0 Å². The van der Waals surface area contributed by atoms with Gasteiger partial charge < -0.3 is 19.2 Å². The molecule has 2 fully saturated rings. The molecular weight excluding hydrogens is 408 g/mol. The summed E-state index contributed by atoms with van der Waals surface area (Å²) in [7, 11) is 0. The molecule has 5 rings (SSSR count). The van der Waals surface area contributed by atoms with Crippen LogP contribution in [0.1, 0.15) is 46.4 Å². The van der Waals surface area contributed by atoms with Crippen molar-refractivity contribution >= 4 is 16.7 Å². The van der Waals surface area contributed by atoms with Crippen molar-refractivity contribution in [2.45, 2.75) is 60.0 Å². The van der Waals surface area contributed by atoms with E-state index in [1.165, 1.54) is 0 Å². The number of nitrogens with one attached hydrogen (secondary N) is 1. The third kappa shape index (κ3) is 4.63. The Morgan fingerprint density at radius 1 is 1.16 bits per heavy atom. The van der Waals surface area contributed by atoms with Crippen molar-refractivity contribution in [2.75, 3.05) is 31.7 Å². The van der Waals surface area contributed by atoms with Crippen LogP contribution in [0.4, 0.5) is 5.69 Å². The van der Waals surface area contributed by atoms with E-state index in [0.29, 0.717) is 23.2 Å². The van der Waals surface area contributed by atoms with Crippen LogP contribution in [-0.2, 0) is 16.0 Å².